The highest BCUT2D eigenvalue weighted by Crippen LogP contribution is 2.31. The molecule has 2 amide bonds. The van der Waals surface area contributed by atoms with E-state index in [0.29, 0.717) is 23.5 Å². The number of hydrogen-bond acceptors (Lipinski definition) is 4. The van der Waals surface area contributed by atoms with E-state index in [1.54, 1.807) is 23.9 Å². The molecule has 32 heavy (non-hydrogen) atoms. The number of nitrogens with one attached hydrogen (secondary N) is 2. The number of carbonyl (C=O) groups is 3. The van der Waals surface area contributed by atoms with Crippen molar-refractivity contribution in [3.8, 4) is 0 Å². The van der Waals surface area contributed by atoms with Crippen molar-refractivity contribution >= 4 is 28.5 Å². The van der Waals surface area contributed by atoms with Crippen LogP contribution in [0.25, 0.3) is 10.9 Å². The van der Waals surface area contributed by atoms with Crippen molar-refractivity contribution < 1.29 is 14.4 Å². The molecule has 0 saturated heterocycles. The number of aryl methyl sites for hydroxylation is 1. The fourth-order valence-electron chi connectivity index (χ4n) is 4.15. The molecule has 4 rings (SSSR count). The smallest absolute Gasteiger partial charge is 0.287 e. The molecule has 2 N–H and O–H groups in total. The standard InChI is InChI=1S/C24H29N5O3/c1-23(2,3)27-22(32)20-26-16(12-28(20)6)11-19(30)15-8-7-14-9-18-21(31)25-13-24(4,5)29(18)17(14)10-15/h7-10,12H,11,13H2,1-6H3,(H,25,31)(H,27,32). The highest BCUT2D eigenvalue weighted by molar-refractivity contribution is 6.04. The van der Waals surface area contributed by atoms with Gasteiger partial charge in [0, 0.05) is 41.8 Å². The Labute approximate surface area is 187 Å². The summed E-state index contributed by atoms with van der Waals surface area (Å²) in [5.41, 5.74) is 1.86. The quantitative estimate of drug-likeness (QED) is 0.616. The molecule has 0 aliphatic carbocycles. The summed E-state index contributed by atoms with van der Waals surface area (Å²) in [6.45, 7) is 10.3. The Kier molecular flexibility index (Phi) is 4.99. The van der Waals surface area contributed by atoms with E-state index >= 15 is 0 Å². The second-order valence-corrected chi connectivity index (χ2v) is 10.1. The third kappa shape index (κ3) is 3.92. The van der Waals surface area contributed by atoms with Crippen molar-refractivity contribution in [1.82, 2.24) is 24.8 Å². The summed E-state index contributed by atoms with van der Waals surface area (Å²) in [5, 5.41) is 6.73. The minimum Gasteiger partial charge on any atom is -0.348 e. The summed E-state index contributed by atoms with van der Waals surface area (Å²) in [6, 6.07) is 7.35. The molecule has 0 fully saturated rings. The van der Waals surface area contributed by atoms with Crippen LogP contribution in [0.2, 0.25) is 0 Å². The highest BCUT2D eigenvalue weighted by atomic mass is 16.2. The van der Waals surface area contributed by atoms with Gasteiger partial charge in [0.25, 0.3) is 11.8 Å². The number of amides is 2. The Morgan fingerprint density at radius 3 is 2.62 bits per heavy atom. The number of Topliss-reactive ketones (excluding diaryl/α,β-unsaturated/α-hetero) is 1. The van der Waals surface area contributed by atoms with Gasteiger partial charge in [0.05, 0.1) is 17.7 Å². The monoisotopic (exact) mass is 435 g/mol. The van der Waals surface area contributed by atoms with Crippen LogP contribution in [0, 0.1) is 0 Å². The van der Waals surface area contributed by atoms with Crippen molar-refractivity contribution in [2.24, 2.45) is 7.05 Å². The van der Waals surface area contributed by atoms with Crippen LogP contribution < -0.4 is 10.6 Å². The Morgan fingerprint density at radius 1 is 1.22 bits per heavy atom. The van der Waals surface area contributed by atoms with Gasteiger partial charge in [-0.1, -0.05) is 12.1 Å². The number of fused-ring (bicyclic) bond motifs is 3. The second kappa shape index (κ2) is 7.32. The molecule has 1 aliphatic heterocycles. The van der Waals surface area contributed by atoms with Crippen LogP contribution >= 0.6 is 0 Å². The van der Waals surface area contributed by atoms with Crippen molar-refractivity contribution in [1.29, 1.82) is 0 Å². The predicted octanol–water partition coefficient (Wildman–Crippen LogP) is 2.81. The molecule has 8 nitrogen and oxygen atoms in total. The van der Waals surface area contributed by atoms with E-state index in [9.17, 15) is 14.4 Å². The molecule has 3 aromatic rings. The molecule has 0 radical (unpaired) electrons. The summed E-state index contributed by atoms with van der Waals surface area (Å²) in [5.74, 6) is -0.212. The molecule has 0 atom stereocenters. The number of rotatable bonds is 4. The molecule has 8 heteroatoms. The number of hydrogen-bond donors (Lipinski definition) is 2. The largest absolute Gasteiger partial charge is 0.348 e. The van der Waals surface area contributed by atoms with Crippen LogP contribution in [-0.4, -0.2) is 43.8 Å². The number of aromatic nitrogens is 3. The molecule has 1 aromatic carbocycles. The van der Waals surface area contributed by atoms with Gasteiger partial charge in [0.1, 0.15) is 5.69 Å². The highest BCUT2D eigenvalue weighted by Gasteiger charge is 2.33. The molecule has 0 spiro atoms. The maximum atomic E-state index is 13.1. The summed E-state index contributed by atoms with van der Waals surface area (Å²) in [6.07, 6.45) is 1.79. The maximum absolute atomic E-state index is 13.1. The van der Waals surface area contributed by atoms with Gasteiger partial charge in [-0.05, 0) is 46.8 Å². The second-order valence-electron chi connectivity index (χ2n) is 10.1. The first-order valence-corrected chi connectivity index (χ1v) is 10.7. The molecule has 3 heterocycles. The summed E-state index contributed by atoms with van der Waals surface area (Å²) in [4.78, 5) is 42.3. The van der Waals surface area contributed by atoms with Gasteiger partial charge in [0.2, 0.25) is 0 Å². The van der Waals surface area contributed by atoms with Gasteiger partial charge in [-0.3, -0.25) is 14.4 Å². The molecule has 0 unspecified atom stereocenters. The van der Waals surface area contributed by atoms with Crippen LogP contribution in [0.3, 0.4) is 0 Å². The van der Waals surface area contributed by atoms with E-state index < -0.39 is 0 Å². The minimum absolute atomic E-state index is 0.0829. The Hall–Kier alpha value is -3.42. The van der Waals surface area contributed by atoms with Crippen molar-refractivity contribution in [3.63, 3.8) is 0 Å². The number of nitrogens with zero attached hydrogens (tertiary/aromatic N) is 3. The third-order valence-electron chi connectivity index (χ3n) is 5.61. The topological polar surface area (TPSA) is 98.0 Å². The van der Waals surface area contributed by atoms with E-state index in [1.165, 1.54) is 0 Å². The van der Waals surface area contributed by atoms with Gasteiger partial charge < -0.3 is 19.8 Å². The Morgan fingerprint density at radius 2 is 1.94 bits per heavy atom. The first-order valence-electron chi connectivity index (χ1n) is 10.7. The lowest BCUT2D eigenvalue weighted by Crippen LogP contribution is -2.47. The van der Waals surface area contributed by atoms with Gasteiger partial charge in [-0.15, -0.1) is 0 Å². The molecule has 0 bridgehead atoms. The maximum Gasteiger partial charge on any atom is 0.287 e. The van der Waals surface area contributed by atoms with Crippen LogP contribution in [0.1, 0.15) is 71.8 Å². The first-order chi connectivity index (χ1) is 14.9. The lowest BCUT2D eigenvalue weighted by atomic mass is 10.0. The van der Waals surface area contributed by atoms with Crippen LogP contribution in [0.5, 0.6) is 0 Å². The molecular formula is C24H29N5O3. The van der Waals surface area contributed by atoms with Crippen molar-refractivity contribution in [3.05, 3.63) is 53.2 Å². The van der Waals surface area contributed by atoms with E-state index in [1.807, 2.05) is 43.5 Å². The Bertz CT molecular complexity index is 1260. The normalized spacial score (nSPS) is 15.4. The zero-order chi connectivity index (χ0) is 23.4. The van der Waals surface area contributed by atoms with E-state index in [-0.39, 0.29) is 40.9 Å². The fraction of sp³-hybridized carbons (Fsp3) is 0.417. The lowest BCUT2D eigenvalue weighted by molar-refractivity contribution is 0.0888. The van der Waals surface area contributed by atoms with Gasteiger partial charge in [0.15, 0.2) is 11.6 Å². The number of imidazole rings is 1. The Balaban J connectivity index is 1.62. The van der Waals surface area contributed by atoms with Crippen LogP contribution in [0.15, 0.2) is 30.5 Å². The lowest BCUT2D eigenvalue weighted by Gasteiger charge is -2.34. The van der Waals surface area contributed by atoms with Gasteiger partial charge in [-0.2, -0.15) is 0 Å². The first kappa shape index (κ1) is 21.8. The summed E-state index contributed by atoms with van der Waals surface area (Å²) >= 11 is 0. The van der Waals surface area contributed by atoms with E-state index in [4.69, 9.17) is 0 Å². The van der Waals surface area contributed by atoms with E-state index in [0.717, 1.165) is 10.9 Å². The summed E-state index contributed by atoms with van der Waals surface area (Å²) < 4.78 is 3.64. The average Bonchev–Trinajstić information content (AvgIpc) is 3.24. The number of ketones is 1. The summed E-state index contributed by atoms with van der Waals surface area (Å²) in [7, 11) is 1.74. The average molecular weight is 436 g/mol. The number of carbonyl (C=O) groups excluding carboxylic acids is 3. The molecule has 0 saturated carbocycles. The molecule has 2 aromatic heterocycles. The fourth-order valence-corrected chi connectivity index (χ4v) is 4.15. The third-order valence-corrected chi connectivity index (χ3v) is 5.61. The van der Waals surface area contributed by atoms with Gasteiger partial charge >= 0.3 is 0 Å². The molecule has 1 aliphatic rings. The van der Waals surface area contributed by atoms with E-state index in [2.05, 4.69) is 29.5 Å². The molecule has 168 valence electrons. The van der Waals surface area contributed by atoms with Crippen molar-refractivity contribution in [2.45, 2.75) is 52.1 Å². The minimum atomic E-state index is -0.380. The predicted molar refractivity (Wildman–Crippen MR) is 122 cm³/mol. The zero-order valence-electron chi connectivity index (χ0n) is 19.4. The molecular weight excluding hydrogens is 406 g/mol. The van der Waals surface area contributed by atoms with Gasteiger partial charge in [-0.25, -0.2) is 4.98 Å². The van der Waals surface area contributed by atoms with Crippen LogP contribution in [-0.2, 0) is 19.0 Å². The van der Waals surface area contributed by atoms with Crippen molar-refractivity contribution in [2.75, 3.05) is 6.54 Å². The number of benzene rings is 1. The SMILES string of the molecule is Cn1cc(CC(=O)c2ccc3cc4n(c3c2)C(C)(C)CNC4=O)nc1C(=O)NC(C)(C)C. The van der Waals surface area contributed by atoms with Crippen LogP contribution in [0.4, 0.5) is 0 Å². The zero-order valence-corrected chi connectivity index (χ0v) is 19.4.